The zero-order chi connectivity index (χ0) is 13.3. The van der Waals surface area contributed by atoms with Crippen molar-refractivity contribution in [2.24, 2.45) is 5.92 Å². The molecule has 1 nitrogen and oxygen atoms in total. The molecule has 0 saturated carbocycles. The number of piperidine rings is 1. The Hall–Kier alpha value is -0.250. The molecule has 0 bridgehead atoms. The minimum Gasteiger partial charge on any atom is -0.294 e. The largest absolute Gasteiger partial charge is 0.294 e. The SMILES string of the molecule is CCC1(F)CCN(CC(C)C)C(C(C)(F)F)C1. The Bertz CT molecular complexity index is 250. The topological polar surface area (TPSA) is 3.24 Å². The van der Waals surface area contributed by atoms with E-state index in [4.69, 9.17) is 0 Å². The van der Waals surface area contributed by atoms with Gasteiger partial charge >= 0.3 is 0 Å². The van der Waals surface area contributed by atoms with Gasteiger partial charge < -0.3 is 0 Å². The summed E-state index contributed by atoms with van der Waals surface area (Å²) in [4.78, 5) is 1.76. The van der Waals surface area contributed by atoms with Gasteiger partial charge in [-0.25, -0.2) is 13.2 Å². The quantitative estimate of drug-likeness (QED) is 0.733. The second-order valence-corrected chi connectivity index (χ2v) is 5.82. The van der Waals surface area contributed by atoms with Gasteiger partial charge in [0, 0.05) is 26.4 Å². The Kier molecular flexibility index (Phi) is 4.50. The molecule has 1 saturated heterocycles. The molecule has 1 fully saturated rings. The average molecular weight is 251 g/mol. The number of rotatable bonds is 4. The molecule has 2 unspecified atom stereocenters. The van der Waals surface area contributed by atoms with Gasteiger partial charge in [-0.2, -0.15) is 0 Å². The molecule has 1 aliphatic heterocycles. The maximum Gasteiger partial charge on any atom is 0.260 e. The van der Waals surface area contributed by atoms with Gasteiger partial charge in [0.05, 0.1) is 6.04 Å². The fourth-order valence-corrected chi connectivity index (χ4v) is 2.59. The van der Waals surface area contributed by atoms with Crippen molar-refractivity contribution in [3.05, 3.63) is 0 Å². The van der Waals surface area contributed by atoms with Crippen LogP contribution in [0, 0.1) is 5.92 Å². The molecule has 2 atom stereocenters. The standard InChI is InChI=1S/C13H24F3N/c1-5-13(16)6-7-17(9-10(2)3)11(8-13)12(4,14)15/h10-11H,5-9H2,1-4H3. The van der Waals surface area contributed by atoms with Crippen molar-refractivity contribution in [2.45, 2.75) is 64.6 Å². The van der Waals surface area contributed by atoms with Crippen molar-refractivity contribution < 1.29 is 13.2 Å². The van der Waals surface area contributed by atoms with Crippen LogP contribution in [0.15, 0.2) is 0 Å². The second-order valence-electron chi connectivity index (χ2n) is 5.82. The maximum absolute atomic E-state index is 14.2. The van der Waals surface area contributed by atoms with E-state index in [-0.39, 0.29) is 6.42 Å². The summed E-state index contributed by atoms with van der Waals surface area (Å²) in [6.45, 7) is 7.71. The van der Waals surface area contributed by atoms with Crippen molar-refractivity contribution in [1.82, 2.24) is 4.90 Å². The number of hydrogen-bond acceptors (Lipinski definition) is 1. The monoisotopic (exact) mass is 251 g/mol. The zero-order valence-electron chi connectivity index (χ0n) is 11.3. The predicted molar refractivity (Wildman–Crippen MR) is 64.2 cm³/mol. The molecular weight excluding hydrogens is 227 g/mol. The molecule has 0 amide bonds. The first kappa shape index (κ1) is 14.8. The third-order valence-electron chi connectivity index (χ3n) is 3.67. The lowest BCUT2D eigenvalue weighted by Gasteiger charge is -2.45. The van der Waals surface area contributed by atoms with Crippen LogP contribution in [0.3, 0.4) is 0 Å². The van der Waals surface area contributed by atoms with E-state index < -0.39 is 17.6 Å². The molecule has 1 heterocycles. The van der Waals surface area contributed by atoms with Crippen LogP contribution in [-0.4, -0.2) is 35.6 Å². The van der Waals surface area contributed by atoms with Crippen molar-refractivity contribution in [3.63, 3.8) is 0 Å². The molecule has 0 aromatic heterocycles. The van der Waals surface area contributed by atoms with Crippen molar-refractivity contribution >= 4 is 0 Å². The van der Waals surface area contributed by atoms with Crippen molar-refractivity contribution in [1.29, 1.82) is 0 Å². The second kappa shape index (κ2) is 5.17. The van der Waals surface area contributed by atoms with Gasteiger partial charge in [-0.1, -0.05) is 20.8 Å². The first-order valence-electron chi connectivity index (χ1n) is 6.49. The van der Waals surface area contributed by atoms with Gasteiger partial charge in [-0.05, 0) is 18.8 Å². The highest BCUT2D eigenvalue weighted by molar-refractivity contribution is 4.96. The lowest BCUT2D eigenvalue weighted by Crippen LogP contribution is -2.56. The summed E-state index contributed by atoms with van der Waals surface area (Å²) >= 11 is 0. The Labute approximate surface area is 102 Å². The number of hydrogen-bond donors (Lipinski definition) is 0. The van der Waals surface area contributed by atoms with E-state index in [9.17, 15) is 13.2 Å². The molecule has 1 aliphatic rings. The lowest BCUT2D eigenvalue weighted by atomic mass is 9.83. The normalized spacial score (nSPS) is 32.1. The summed E-state index contributed by atoms with van der Waals surface area (Å²) in [6.07, 6.45) is 0.664. The first-order chi connectivity index (χ1) is 7.68. The molecule has 102 valence electrons. The van der Waals surface area contributed by atoms with Crippen LogP contribution < -0.4 is 0 Å². The Morgan fingerprint density at radius 2 is 2.00 bits per heavy atom. The highest BCUT2D eigenvalue weighted by atomic mass is 19.3. The van der Waals surface area contributed by atoms with Gasteiger partial charge in [-0.3, -0.25) is 4.90 Å². The smallest absolute Gasteiger partial charge is 0.260 e. The molecule has 0 N–H and O–H groups in total. The molecule has 4 heteroatoms. The van der Waals surface area contributed by atoms with E-state index in [0.29, 0.717) is 31.8 Å². The fraction of sp³-hybridized carbons (Fsp3) is 1.00. The van der Waals surface area contributed by atoms with Crippen molar-refractivity contribution in [2.75, 3.05) is 13.1 Å². The summed E-state index contributed by atoms with van der Waals surface area (Å²) in [5.41, 5.74) is -1.41. The highest BCUT2D eigenvalue weighted by Gasteiger charge is 2.47. The minimum atomic E-state index is -2.83. The van der Waals surface area contributed by atoms with Crippen LogP contribution in [0.1, 0.15) is 47.0 Å². The van der Waals surface area contributed by atoms with Crippen LogP contribution in [0.5, 0.6) is 0 Å². The van der Waals surface area contributed by atoms with Crippen LogP contribution in [0.25, 0.3) is 0 Å². The highest BCUT2D eigenvalue weighted by Crippen LogP contribution is 2.39. The number of halogens is 3. The zero-order valence-corrected chi connectivity index (χ0v) is 11.3. The number of alkyl halides is 3. The summed E-state index contributed by atoms with van der Waals surface area (Å²) in [7, 11) is 0. The Balaban J connectivity index is 2.80. The van der Waals surface area contributed by atoms with E-state index in [1.165, 1.54) is 0 Å². The Morgan fingerprint density at radius 3 is 2.41 bits per heavy atom. The van der Waals surface area contributed by atoms with E-state index in [1.807, 2.05) is 13.8 Å². The van der Waals surface area contributed by atoms with Crippen LogP contribution in [-0.2, 0) is 0 Å². The van der Waals surface area contributed by atoms with Gasteiger partial charge in [0.2, 0.25) is 0 Å². The summed E-state index contributed by atoms with van der Waals surface area (Å²) in [5.74, 6) is -2.50. The van der Waals surface area contributed by atoms with Gasteiger partial charge in [-0.15, -0.1) is 0 Å². The third-order valence-corrected chi connectivity index (χ3v) is 3.67. The van der Waals surface area contributed by atoms with Gasteiger partial charge in [0.1, 0.15) is 5.67 Å². The molecule has 0 radical (unpaired) electrons. The Morgan fingerprint density at radius 1 is 1.41 bits per heavy atom. The van der Waals surface area contributed by atoms with E-state index in [2.05, 4.69) is 0 Å². The minimum absolute atomic E-state index is 0.0419. The molecule has 0 aromatic rings. The van der Waals surface area contributed by atoms with E-state index in [0.717, 1.165) is 6.92 Å². The number of likely N-dealkylation sites (tertiary alicyclic amines) is 1. The number of nitrogens with zero attached hydrogens (tertiary/aromatic N) is 1. The van der Waals surface area contributed by atoms with E-state index in [1.54, 1.807) is 11.8 Å². The molecule has 1 rings (SSSR count). The van der Waals surface area contributed by atoms with Crippen LogP contribution in [0.4, 0.5) is 13.2 Å². The predicted octanol–water partition coefficient (Wildman–Crippen LogP) is 3.88. The van der Waals surface area contributed by atoms with Crippen LogP contribution >= 0.6 is 0 Å². The fourth-order valence-electron chi connectivity index (χ4n) is 2.59. The first-order valence-corrected chi connectivity index (χ1v) is 6.49. The molecule has 0 spiro atoms. The summed E-state index contributed by atoms with van der Waals surface area (Å²) in [5, 5.41) is 0. The molecule has 0 aromatic carbocycles. The molecular formula is C13H24F3N. The van der Waals surface area contributed by atoms with Crippen LogP contribution in [0.2, 0.25) is 0 Å². The lowest BCUT2D eigenvalue weighted by molar-refractivity contribution is -0.114. The third kappa shape index (κ3) is 3.87. The summed E-state index contributed by atoms with van der Waals surface area (Å²) in [6, 6.07) is -0.955. The van der Waals surface area contributed by atoms with Gasteiger partial charge in [0.25, 0.3) is 5.92 Å². The maximum atomic E-state index is 14.2. The molecule has 0 aliphatic carbocycles. The molecule has 17 heavy (non-hydrogen) atoms. The average Bonchev–Trinajstić information content (AvgIpc) is 2.19. The van der Waals surface area contributed by atoms with Crippen molar-refractivity contribution in [3.8, 4) is 0 Å². The van der Waals surface area contributed by atoms with E-state index >= 15 is 0 Å². The van der Waals surface area contributed by atoms with Gasteiger partial charge in [0.15, 0.2) is 0 Å². The summed E-state index contributed by atoms with van der Waals surface area (Å²) < 4.78 is 41.4.